The second-order valence-corrected chi connectivity index (χ2v) is 4.14. The number of hydrogen-bond acceptors (Lipinski definition) is 5. The van der Waals surface area contributed by atoms with Crippen molar-refractivity contribution < 1.29 is 14.8 Å². The van der Waals surface area contributed by atoms with Gasteiger partial charge in [0.05, 0.1) is 17.1 Å². The van der Waals surface area contributed by atoms with Crippen LogP contribution in [0.1, 0.15) is 20.3 Å². The first-order valence-electron chi connectivity index (χ1n) is 5.84. The van der Waals surface area contributed by atoms with Crippen LogP contribution in [0, 0.1) is 10.1 Å². The van der Waals surface area contributed by atoms with Gasteiger partial charge in [-0.3, -0.25) is 10.1 Å². The molecule has 6 nitrogen and oxygen atoms in total. The molecule has 6 heteroatoms. The molecule has 0 atom stereocenters. The molecule has 0 aliphatic carbocycles. The first-order chi connectivity index (χ1) is 8.52. The molecule has 0 amide bonds. The third kappa shape index (κ3) is 4.58. The van der Waals surface area contributed by atoms with Crippen LogP contribution >= 0.6 is 0 Å². The number of non-ortho nitro benzene ring substituents is 1. The number of ether oxygens (including phenoxy) is 1. The quantitative estimate of drug-likeness (QED) is 0.442. The molecule has 0 saturated heterocycles. The predicted octanol–water partition coefficient (Wildman–Crippen LogP) is 2.18. The summed E-state index contributed by atoms with van der Waals surface area (Å²) in [5.74, 6) is 0.464. The van der Waals surface area contributed by atoms with Gasteiger partial charge in [-0.15, -0.1) is 0 Å². The summed E-state index contributed by atoms with van der Waals surface area (Å²) in [4.78, 5) is 10.3. The van der Waals surface area contributed by atoms with E-state index in [0.717, 1.165) is 0 Å². The smallest absolute Gasteiger partial charge is 0.275 e. The molecule has 0 aliphatic rings. The van der Waals surface area contributed by atoms with Gasteiger partial charge in [-0.2, -0.15) is 0 Å². The molecule has 18 heavy (non-hydrogen) atoms. The third-order valence-corrected chi connectivity index (χ3v) is 2.14. The van der Waals surface area contributed by atoms with E-state index in [2.05, 4.69) is 5.32 Å². The molecule has 0 aromatic heterocycles. The molecule has 0 unspecified atom stereocenters. The molecule has 0 heterocycles. The number of aliphatic hydroxyl groups is 1. The Hall–Kier alpha value is -1.82. The Morgan fingerprint density at radius 3 is 2.72 bits per heavy atom. The minimum absolute atomic E-state index is 0.0142. The lowest BCUT2D eigenvalue weighted by molar-refractivity contribution is -0.384. The van der Waals surface area contributed by atoms with Crippen molar-refractivity contribution >= 4 is 11.4 Å². The zero-order chi connectivity index (χ0) is 13.5. The Labute approximate surface area is 106 Å². The maximum atomic E-state index is 10.8. The van der Waals surface area contributed by atoms with Crippen molar-refractivity contribution in [1.82, 2.24) is 0 Å². The fraction of sp³-hybridized carbons (Fsp3) is 0.500. The van der Waals surface area contributed by atoms with Crippen molar-refractivity contribution in [3.05, 3.63) is 28.3 Å². The summed E-state index contributed by atoms with van der Waals surface area (Å²) in [5, 5.41) is 22.5. The van der Waals surface area contributed by atoms with Crippen LogP contribution in [0.3, 0.4) is 0 Å². The molecule has 2 N–H and O–H groups in total. The lowest BCUT2D eigenvalue weighted by Gasteiger charge is -2.12. The molecular weight excluding hydrogens is 236 g/mol. The molecule has 0 aliphatic heterocycles. The summed E-state index contributed by atoms with van der Waals surface area (Å²) in [7, 11) is 0. The Balaban J connectivity index is 2.87. The van der Waals surface area contributed by atoms with E-state index in [1.54, 1.807) is 6.07 Å². The van der Waals surface area contributed by atoms with Gasteiger partial charge in [0.25, 0.3) is 5.69 Å². The second-order valence-electron chi connectivity index (χ2n) is 4.14. The summed E-state index contributed by atoms with van der Waals surface area (Å²) < 4.78 is 5.46. The number of benzene rings is 1. The molecule has 0 bridgehead atoms. The number of rotatable bonds is 7. The minimum atomic E-state index is -0.454. The topological polar surface area (TPSA) is 84.6 Å². The van der Waals surface area contributed by atoms with Crippen LogP contribution in [0.15, 0.2) is 18.2 Å². The van der Waals surface area contributed by atoms with Crippen LogP contribution in [0.25, 0.3) is 0 Å². The molecule has 1 aromatic rings. The standard InChI is InChI=1S/C12H18N2O4/c1-9(2)18-12-7-10(13-4-3-5-15)6-11(8-12)14(16)17/h6-9,13,15H,3-5H2,1-2H3. The van der Waals surface area contributed by atoms with Gasteiger partial charge in [-0.05, 0) is 20.3 Å². The summed E-state index contributed by atoms with van der Waals surface area (Å²) in [6.45, 7) is 4.35. The fourth-order valence-electron chi connectivity index (χ4n) is 1.44. The molecule has 100 valence electrons. The Morgan fingerprint density at radius 1 is 1.44 bits per heavy atom. The number of nitrogens with zero attached hydrogens (tertiary/aromatic N) is 1. The van der Waals surface area contributed by atoms with Gasteiger partial charge in [0.2, 0.25) is 0 Å². The van der Waals surface area contributed by atoms with Crippen LogP contribution in [-0.2, 0) is 0 Å². The van der Waals surface area contributed by atoms with Crippen molar-refractivity contribution in [2.45, 2.75) is 26.4 Å². The Morgan fingerprint density at radius 2 is 2.17 bits per heavy atom. The number of aliphatic hydroxyl groups excluding tert-OH is 1. The molecule has 1 aromatic carbocycles. The predicted molar refractivity (Wildman–Crippen MR) is 69.1 cm³/mol. The summed E-state index contributed by atoms with van der Waals surface area (Å²) in [5.41, 5.74) is 0.605. The van der Waals surface area contributed by atoms with Gasteiger partial charge >= 0.3 is 0 Å². The molecule has 0 fully saturated rings. The zero-order valence-electron chi connectivity index (χ0n) is 10.5. The van der Waals surface area contributed by atoms with Gasteiger partial charge in [0, 0.05) is 31.0 Å². The van der Waals surface area contributed by atoms with Gasteiger partial charge in [0.1, 0.15) is 5.75 Å². The highest BCUT2D eigenvalue weighted by molar-refractivity contribution is 5.56. The lowest BCUT2D eigenvalue weighted by Crippen LogP contribution is -2.08. The summed E-state index contributed by atoms with van der Waals surface area (Å²) >= 11 is 0. The van der Waals surface area contributed by atoms with Crippen molar-refractivity contribution in [1.29, 1.82) is 0 Å². The van der Waals surface area contributed by atoms with Gasteiger partial charge < -0.3 is 15.2 Å². The van der Waals surface area contributed by atoms with Gasteiger partial charge in [0.15, 0.2) is 0 Å². The van der Waals surface area contributed by atoms with Crippen LogP contribution in [-0.4, -0.2) is 29.3 Å². The average molecular weight is 254 g/mol. The minimum Gasteiger partial charge on any atom is -0.491 e. The monoisotopic (exact) mass is 254 g/mol. The molecule has 0 saturated carbocycles. The molecular formula is C12H18N2O4. The second kappa shape index (κ2) is 6.80. The fourth-order valence-corrected chi connectivity index (χ4v) is 1.44. The molecule has 0 spiro atoms. The highest BCUT2D eigenvalue weighted by Gasteiger charge is 2.11. The number of nitro benzene ring substituents is 1. The Kier molecular flexibility index (Phi) is 5.38. The van der Waals surface area contributed by atoms with Crippen molar-refractivity contribution in [2.75, 3.05) is 18.5 Å². The van der Waals surface area contributed by atoms with Crippen molar-refractivity contribution in [2.24, 2.45) is 0 Å². The number of nitro groups is 1. The number of nitrogens with one attached hydrogen (secondary N) is 1. The maximum Gasteiger partial charge on any atom is 0.275 e. The number of anilines is 1. The normalized spacial score (nSPS) is 10.4. The van der Waals surface area contributed by atoms with Gasteiger partial charge in [-0.25, -0.2) is 0 Å². The first kappa shape index (κ1) is 14.2. The number of hydrogen-bond donors (Lipinski definition) is 2. The van der Waals surface area contributed by atoms with E-state index >= 15 is 0 Å². The van der Waals surface area contributed by atoms with E-state index in [0.29, 0.717) is 24.4 Å². The lowest BCUT2D eigenvalue weighted by atomic mass is 10.2. The van der Waals surface area contributed by atoms with Crippen molar-refractivity contribution in [3.8, 4) is 5.75 Å². The van der Waals surface area contributed by atoms with Crippen LogP contribution in [0.5, 0.6) is 5.75 Å². The SMILES string of the molecule is CC(C)Oc1cc(NCCCO)cc([N+](=O)[O-])c1. The summed E-state index contributed by atoms with van der Waals surface area (Å²) in [6, 6.07) is 4.56. The van der Waals surface area contributed by atoms with Crippen LogP contribution in [0.2, 0.25) is 0 Å². The van der Waals surface area contributed by atoms with Crippen molar-refractivity contribution in [3.63, 3.8) is 0 Å². The van der Waals surface area contributed by atoms with E-state index in [4.69, 9.17) is 9.84 Å². The van der Waals surface area contributed by atoms with E-state index in [1.165, 1.54) is 12.1 Å². The zero-order valence-corrected chi connectivity index (χ0v) is 10.5. The first-order valence-corrected chi connectivity index (χ1v) is 5.84. The highest BCUT2D eigenvalue weighted by Crippen LogP contribution is 2.26. The maximum absolute atomic E-state index is 10.8. The molecule has 1 rings (SSSR count). The van der Waals surface area contributed by atoms with E-state index in [-0.39, 0.29) is 18.4 Å². The van der Waals surface area contributed by atoms with Crippen LogP contribution < -0.4 is 10.1 Å². The highest BCUT2D eigenvalue weighted by atomic mass is 16.6. The third-order valence-electron chi connectivity index (χ3n) is 2.14. The van der Waals surface area contributed by atoms with Crippen LogP contribution in [0.4, 0.5) is 11.4 Å². The van der Waals surface area contributed by atoms with E-state index < -0.39 is 4.92 Å². The van der Waals surface area contributed by atoms with E-state index in [9.17, 15) is 10.1 Å². The average Bonchev–Trinajstić information content (AvgIpc) is 2.28. The van der Waals surface area contributed by atoms with E-state index in [1.807, 2.05) is 13.8 Å². The molecule has 0 radical (unpaired) electrons. The van der Waals surface area contributed by atoms with Gasteiger partial charge in [-0.1, -0.05) is 0 Å². The Bertz CT molecular complexity index is 407. The summed E-state index contributed by atoms with van der Waals surface area (Å²) in [6.07, 6.45) is 0.542. The largest absolute Gasteiger partial charge is 0.491 e.